The average Bonchev–Trinajstić information content (AvgIpc) is 2.58. The Hall–Kier alpha value is -2.66. The van der Waals surface area contributed by atoms with Crippen LogP contribution < -0.4 is 11.1 Å². The minimum Gasteiger partial charge on any atom is -0.337 e. The Balaban J connectivity index is 2.09. The number of amides is 2. The lowest BCUT2D eigenvalue weighted by atomic mass is 10.1. The highest BCUT2D eigenvalue weighted by molar-refractivity contribution is 5.96. The van der Waals surface area contributed by atoms with Crippen molar-refractivity contribution in [1.29, 1.82) is 0 Å². The third-order valence-corrected chi connectivity index (χ3v) is 3.63. The minimum absolute atomic E-state index is 0.0800. The van der Waals surface area contributed by atoms with Gasteiger partial charge in [-0.3, -0.25) is 9.59 Å². The monoisotopic (exact) mass is 325 g/mol. The van der Waals surface area contributed by atoms with Gasteiger partial charge in [0.25, 0.3) is 5.91 Å². The predicted molar refractivity (Wildman–Crippen MR) is 95.8 cm³/mol. The first-order chi connectivity index (χ1) is 11.6. The van der Waals surface area contributed by atoms with E-state index in [1.54, 1.807) is 29.2 Å². The quantitative estimate of drug-likeness (QED) is 0.820. The lowest BCUT2D eigenvalue weighted by Gasteiger charge is -2.22. The number of hydrogen-bond donors (Lipinski definition) is 2. The molecule has 0 saturated heterocycles. The topological polar surface area (TPSA) is 75.4 Å². The van der Waals surface area contributed by atoms with Crippen molar-refractivity contribution >= 4 is 17.5 Å². The summed E-state index contributed by atoms with van der Waals surface area (Å²) >= 11 is 0. The number of carbonyl (C=O) groups is 2. The molecule has 0 saturated carbocycles. The molecule has 126 valence electrons. The van der Waals surface area contributed by atoms with E-state index in [0.717, 1.165) is 6.42 Å². The molecule has 5 nitrogen and oxygen atoms in total. The molecule has 0 heterocycles. The van der Waals surface area contributed by atoms with Gasteiger partial charge in [-0.2, -0.15) is 0 Å². The Bertz CT molecular complexity index is 686. The third-order valence-electron chi connectivity index (χ3n) is 3.63. The molecule has 2 amide bonds. The molecule has 0 atom stereocenters. The van der Waals surface area contributed by atoms with Crippen LogP contribution in [0.3, 0.4) is 0 Å². The third kappa shape index (κ3) is 5.21. The van der Waals surface area contributed by atoms with Crippen molar-refractivity contribution in [2.45, 2.75) is 13.3 Å². The zero-order valence-electron chi connectivity index (χ0n) is 13.9. The fourth-order valence-electron chi connectivity index (χ4n) is 2.50. The summed E-state index contributed by atoms with van der Waals surface area (Å²) in [6, 6.07) is 17.0. The number of hydrogen-bond acceptors (Lipinski definition) is 3. The Labute approximate surface area is 142 Å². The van der Waals surface area contributed by atoms with Gasteiger partial charge >= 0.3 is 0 Å². The van der Waals surface area contributed by atoms with E-state index < -0.39 is 0 Å². The summed E-state index contributed by atoms with van der Waals surface area (Å²) in [5.41, 5.74) is 8.00. The number of rotatable bonds is 7. The summed E-state index contributed by atoms with van der Waals surface area (Å²) in [7, 11) is 0. The fraction of sp³-hybridized carbons (Fsp3) is 0.263. The standard InChI is InChI=1S/C19H23N3O2/c1-15(23)21-18-9-5-8-17(14-18)19(24)22(13-11-20)12-10-16-6-3-2-4-7-16/h2-9,14H,10-13,20H2,1H3,(H,21,23). The van der Waals surface area contributed by atoms with Gasteiger partial charge in [0.05, 0.1) is 0 Å². The molecule has 0 fully saturated rings. The number of nitrogens with two attached hydrogens (primary N) is 1. The van der Waals surface area contributed by atoms with Gasteiger partial charge in [-0.1, -0.05) is 36.4 Å². The number of benzene rings is 2. The van der Waals surface area contributed by atoms with Crippen molar-refractivity contribution in [2.75, 3.05) is 25.0 Å². The van der Waals surface area contributed by atoms with Crippen LogP contribution in [0, 0.1) is 0 Å². The van der Waals surface area contributed by atoms with Crippen LogP contribution in [0.2, 0.25) is 0 Å². The second-order valence-corrected chi connectivity index (χ2v) is 5.58. The van der Waals surface area contributed by atoms with Gasteiger partial charge in [-0.25, -0.2) is 0 Å². The van der Waals surface area contributed by atoms with Crippen LogP contribution in [0.15, 0.2) is 54.6 Å². The van der Waals surface area contributed by atoms with Crippen molar-refractivity contribution in [3.63, 3.8) is 0 Å². The molecule has 24 heavy (non-hydrogen) atoms. The van der Waals surface area contributed by atoms with Gasteiger partial charge in [0, 0.05) is 37.8 Å². The maximum atomic E-state index is 12.8. The molecule has 0 aliphatic carbocycles. The molecule has 0 aliphatic rings. The molecule has 2 aromatic carbocycles. The van der Waals surface area contributed by atoms with Gasteiger partial charge in [0.15, 0.2) is 0 Å². The van der Waals surface area contributed by atoms with Gasteiger partial charge < -0.3 is 16.0 Å². The highest BCUT2D eigenvalue weighted by Gasteiger charge is 2.15. The summed E-state index contributed by atoms with van der Waals surface area (Å²) < 4.78 is 0. The smallest absolute Gasteiger partial charge is 0.253 e. The molecule has 2 rings (SSSR count). The van der Waals surface area contributed by atoms with Crippen LogP contribution in [-0.4, -0.2) is 36.3 Å². The van der Waals surface area contributed by atoms with Crippen molar-refractivity contribution in [3.05, 3.63) is 65.7 Å². The fourth-order valence-corrected chi connectivity index (χ4v) is 2.50. The molecule has 3 N–H and O–H groups in total. The molecular formula is C19H23N3O2. The average molecular weight is 325 g/mol. The van der Waals surface area contributed by atoms with Crippen molar-refractivity contribution < 1.29 is 9.59 Å². The summed E-state index contributed by atoms with van der Waals surface area (Å²) in [5.74, 6) is -0.244. The lowest BCUT2D eigenvalue weighted by molar-refractivity contribution is -0.114. The highest BCUT2D eigenvalue weighted by atomic mass is 16.2. The maximum Gasteiger partial charge on any atom is 0.253 e. The van der Waals surface area contributed by atoms with Gasteiger partial charge in [-0.15, -0.1) is 0 Å². The minimum atomic E-state index is -0.164. The van der Waals surface area contributed by atoms with Crippen LogP contribution >= 0.6 is 0 Å². The largest absolute Gasteiger partial charge is 0.337 e. The Morgan fingerprint density at radius 1 is 1.04 bits per heavy atom. The van der Waals surface area contributed by atoms with Crippen molar-refractivity contribution in [2.24, 2.45) is 5.73 Å². The van der Waals surface area contributed by atoms with Gasteiger partial charge in [-0.05, 0) is 30.2 Å². The first-order valence-electron chi connectivity index (χ1n) is 8.01. The first-order valence-corrected chi connectivity index (χ1v) is 8.01. The second kappa shape index (κ2) is 8.84. The molecule has 0 aromatic heterocycles. The summed E-state index contributed by atoms with van der Waals surface area (Å²) in [6.45, 7) is 2.95. The molecule has 0 bridgehead atoms. The van der Waals surface area contributed by atoms with Crippen LogP contribution in [0.25, 0.3) is 0 Å². The van der Waals surface area contributed by atoms with Gasteiger partial charge in [0.1, 0.15) is 0 Å². The first kappa shape index (κ1) is 17.7. The number of carbonyl (C=O) groups excluding carboxylic acids is 2. The van der Waals surface area contributed by atoms with Crippen LogP contribution in [-0.2, 0) is 11.2 Å². The molecule has 5 heteroatoms. The molecule has 2 aromatic rings. The second-order valence-electron chi connectivity index (χ2n) is 5.58. The van der Waals surface area contributed by atoms with Crippen LogP contribution in [0.1, 0.15) is 22.8 Å². The van der Waals surface area contributed by atoms with E-state index in [-0.39, 0.29) is 11.8 Å². The van der Waals surface area contributed by atoms with E-state index in [4.69, 9.17) is 5.73 Å². The van der Waals surface area contributed by atoms with E-state index >= 15 is 0 Å². The SMILES string of the molecule is CC(=O)Nc1cccc(C(=O)N(CCN)CCc2ccccc2)c1. The zero-order valence-corrected chi connectivity index (χ0v) is 13.9. The van der Waals surface area contributed by atoms with Crippen molar-refractivity contribution in [1.82, 2.24) is 4.90 Å². The number of anilines is 1. The molecule has 0 spiro atoms. The van der Waals surface area contributed by atoms with Crippen LogP contribution in [0.5, 0.6) is 0 Å². The van der Waals surface area contributed by atoms with E-state index in [0.29, 0.717) is 30.9 Å². The normalized spacial score (nSPS) is 10.2. The van der Waals surface area contributed by atoms with Gasteiger partial charge in [0.2, 0.25) is 5.91 Å². The highest BCUT2D eigenvalue weighted by Crippen LogP contribution is 2.13. The molecular weight excluding hydrogens is 302 g/mol. The number of nitrogens with one attached hydrogen (secondary N) is 1. The maximum absolute atomic E-state index is 12.8. The number of nitrogens with zero attached hydrogens (tertiary/aromatic N) is 1. The lowest BCUT2D eigenvalue weighted by Crippen LogP contribution is -2.37. The Kier molecular flexibility index (Phi) is 6.51. The molecule has 0 aliphatic heterocycles. The van der Waals surface area contributed by atoms with Crippen molar-refractivity contribution in [3.8, 4) is 0 Å². The summed E-state index contributed by atoms with van der Waals surface area (Å²) in [4.78, 5) is 25.7. The van der Waals surface area contributed by atoms with E-state index in [1.807, 2.05) is 30.3 Å². The Morgan fingerprint density at radius 2 is 1.79 bits per heavy atom. The Morgan fingerprint density at radius 3 is 2.46 bits per heavy atom. The predicted octanol–water partition coefficient (Wildman–Crippen LogP) is 2.29. The van der Waals surface area contributed by atoms with E-state index in [9.17, 15) is 9.59 Å². The summed E-state index contributed by atoms with van der Waals surface area (Å²) in [5, 5.41) is 2.69. The molecule has 0 radical (unpaired) electrons. The van der Waals surface area contributed by atoms with Crippen LogP contribution in [0.4, 0.5) is 5.69 Å². The van der Waals surface area contributed by atoms with E-state index in [1.165, 1.54) is 12.5 Å². The zero-order chi connectivity index (χ0) is 17.4. The molecule has 0 unspecified atom stereocenters. The van der Waals surface area contributed by atoms with E-state index in [2.05, 4.69) is 5.32 Å². The summed E-state index contributed by atoms with van der Waals surface area (Å²) in [6.07, 6.45) is 0.776.